The van der Waals surface area contributed by atoms with Crippen molar-refractivity contribution in [1.82, 2.24) is 15.5 Å². The van der Waals surface area contributed by atoms with Crippen molar-refractivity contribution in [2.75, 3.05) is 0 Å². The molecule has 0 radical (unpaired) electrons. The molecule has 1 aliphatic rings. The minimum absolute atomic E-state index is 0.116. The highest BCUT2D eigenvalue weighted by atomic mass is 19.1. The Morgan fingerprint density at radius 2 is 2.04 bits per heavy atom. The molecule has 2 aromatic rings. The maximum absolute atomic E-state index is 13.1. The number of carbonyl (C=O) groups is 2. The molecule has 1 aromatic heterocycles. The molecule has 1 saturated carbocycles. The van der Waals surface area contributed by atoms with Gasteiger partial charge in [0.2, 0.25) is 11.8 Å². The third-order valence-electron chi connectivity index (χ3n) is 4.46. The number of rotatable bonds is 8. The Bertz CT molecular complexity index is 801. The number of carboxylic acid groups (broad SMARTS) is 1. The average Bonchev–Trinajstić information content (AvgIpc) is 3.34. The lowest BCUT2D eigenvalue weighted by Gasteiger charge is -2.26. The first kappa shape index (κ1) is 18.0. The quantitative estimate of drug-likeness (QED) is 0.748. The van der Waals surface area contributed by atoms with E-state index in [2.05, 4.69) is 15.5 Å². The van der Waals surface area contributed by atoms with E-state index < -0.39 is 23.2 Å². The standard InChI is InChI=1S/C18H20FN3O4/c1-18(17(24)25,12-7-9-13(19)10-8-12)21-14(23)3-2-4-15-20-16(22-26-15)11-5-6-11/h7-11H,2-6H2,1H3,(H,21,23)(H,24,25). The van der Waals surface area contributed by atoms with Crippen molar-refractivity contribution >= 4 is 11.9 Å². The van der Waals surface area contributed by atoms with E-state index in [9.17, 15) is 19.1 Å². The molecule has 8 heteroatoms. The minimum atomic E-state index is -1.63. The lowest BCUT2D eigenvalue weighted by atomic mass is 9.91. The number of aryl methyl sites for hydroxylation is 1. The highest BCUT2D eigenvalue weighted by molar-refractivity contribution is 5.87. The second-order valence-electron chi connectivity index (χ2n) is 6.66. The van der Waals surface area contributed by atoms with E-state index in [1.807, 2.05) is 0 Å². The highest BCUT2D eigenvalue weighted by Gasteiger charge is 2.36. The molecule has 26 heavy (non-hydrogen) atoms. The van der Waals surface area contributed by atoms with Crippen molar-refractivity contribution in [2.45, 2.75) is 50.5 Å². The number of amides is 1. The van der Waals surface area contributed by atoms with E-state index in [0.717, 1.165) is 30.8 Å². The van der Waals surface area contributed by atoms with E-state index in [4.69, 9.17) is 4.52 Å². The van der Waals surface area contributed by atoms with Crippen LogP contribution >= 0.6 is 0 Å². The first-order chi connectivity index (χ1) is 12.4. The number of aliphatic carboxylic acids is 1. The summed E-state index contributed by atoms with van der Waals surface area (Å²) in [5, 5.41) is 16.0. The number of hydrogen-bond acceptors (Lipinski definition) is 5. The molecule has 2 N–H and O–H groups in total. The number of nitrogens with one attached hydrogen (secondary N) is 1. The number of carbonyl (C=O) groups excluding carboxylic acids is 1. The molecular weight excluding hydrogens is 341 g/mol. The number of hydrogen-bond donors (Lipinski definition) is 2. The summed E-state index contributed by atoms with van der Waals surface area (Å²) in [6.07, 6.45) is 3.19. The summed E-state index contributed by atoms with van der Waals surface area (Å²) in [4.78, 5) is 28.2. The largest absolute Gasteiger partial charge is 0.479 e. The Labute approximate surface area is 149 Å². The van der Waals surface area contributed by atoms with Gasteiger partial charge in [-0.15, -0.1) is 0 Å². The zero-order chi connectivity index (χ0) is 18.7. The lowest BCUT2D eigenvalue weighted by Crippen LogP contribution is -2.49. The monoisotopic (exact) mass is 361 g/mol. The molecule has 3 rings (SSSR count). The van der Waals surface area contributed by atoms with E-state index in [0.29, 0.717) is 30.2 Å². The SMILES string of the molecule is CC(NC(=O)CCCc1nc(C2CC2)no1)(C(=O)O)c1ccc(F)cc1. The summed E-state index contributed by atoms with van der Waals surface area (Å²) in [5.41, 5.74) is -1.33. The Morgan fingerprint density at radius 1 is 1.35 bits per heavy atom. The fraction of sp³-hybridized carbons (Fsp3) is 0.444. The topological polar surface area (TPSA) is 105 Å². The van der Waals surface area contributed by atoms with Crippen LogP contribution in [0.4, 0.5) is 4.39 Å². The molecule has 0 saturated heterocycles. The van der Waals surface area contributed by atoms with Crippen molar-refractivity contribution in [1.29, 1.82) is 0 Å². The van der Waals surface area contributed by atoms with E-state index >= 15 is 0 Å². The van der Waals surface area contributed by atoms with Gasteiger partial charge in [-0.1, -0.05) is 17.3 Å². The Hall–Kier alpha value is -2.77. The smallest absolute Gasteiger partial charge is 0.333 e. The van der Waals surface area contributed by atoms with Crippen molar-refractivity contribution < 1.29 is 23.6 Å². The van der Waals surface area contributed by atoms with Gasteiger partial charge in [0.1, 0.15) is 5.82 Å². The predicted molar refractivity (Wildman–Crippen MR) is 88.7 cm³/mol. The van der Waals surface area contributed by atoms with Gasteiger partial charge in [-0.05, 0) is 43.9 Å². The number of aromatic nitrogens is 2. The Balaban J connectivity index is 1.55. The summed E-state index contributed by atoms with van der Waals surface area (Å²) in [5.74, 6) is -0.497. The van der Waals surface area contributed by atoms with Crippen LogP contribution in [0.3, 0.4) is 0 Å². The van der Waals surface area contributed by atoms with Crippen LogP contribution in [0.1, 0.15) is 55.8 Å². The highest BCUT2D eigenvalue weighted by Crippen LogP contribution is 2.38. The van der Waals surface area contributed by atoms with Crippen LogP contribution in [-0.2, 0) is 21.5 Å². The molecular formula is C18H20FN3O4. The molecule has 1 amide bonds. The van der Waals surface area contributed by atoms with E-state index in [-0.39, 0.29) is 6.42 Å². The molecule has 0 spiro atoms. The van der Waals surface area contributed by atoms with Gasteiger partial charge in [0.15, 0.2) is 11.4 Å². The molecule has 1 heterocycles. The van der Waals surface area contributed by atoms with Crippen LogP contribution in [0.5, 0.6) is 0 Å². The molecule has 7 nitrogen and oxygen atoms in total. The molecule has 1 atom stereocenters. The van der Waals surface area contributed by atoms with Crippen molar-refractivity contribution in [3.05, 3.63) is 47.4 Å². The zero-order valence-corrected chi connectivity index (χ0v) is 14.4. The van der Waals surface area contributed by atoms with Gasteiger partial charge < -0.3 is 14.9 Å². The van der Waals surface area contributed by atoms with Crippen molar-refractivity contribution in [2.24, 2.45) is 0 Å². The fourth-order valence-corrected chi connectivity index (χ4v) is 2.65. The molecule has 0 aliphatic heterocycles. The van der Waals surface area contributed by atoms with Gasteiger partial charge in [-0.3, -0.25) is 4.79 Å². The zero-order valence-electron chi connectivity index (χ0n) is 14.4. The van der Waals surface area contributed by atoms with Crippen LogP contribution in [0.15, 0.2) is 28.8 Å². The van der Waals surface area contributed by atoms with Gasteiger partial charge in [-0.2, -0.15) is 4.98 Å². The summed E-state index contributed by atoms with van der Waals surface area (Å²) in [6, 6.07) is 5.02. The average molecular weight is 361 g/mol. The van der Waals surface area contributed by atoms with Gasteiger partial charge >= 0.3 is 5.97 Å². The van der Waals surface area contributed by atoms with E-state index in [1.165, 1.54) is 19.1 Å². The lowest BCUT2D eigenvalue weighted by molar-refractivity contribution is -0.147. The van der Waals surface area contributed by atoms with Crippen LogP contribution < -0.4 is 5.32 Å². The summed E-state index contributed by atoms with van der Waals surface area (Å²) in [7, 11) is 0. The first-order valence-corrected chi connectivity index (χ1v) is 8.51. The maximum atomic E-state index is 13.1. The van der Waals surface area contributed by atoms with Crippen LogP contribution in [0.2, 0.25) is 0 Å². The summed E-state index contributed by atoms with van der Waals surface area (Å²) in [6.45, 7) is 1.38. The Morgan fingerprint density at radius 3 is 2.65 bits per heavy atom. The predicted octanol–water partition coefficient (Wildman–Crippen LogP) is 2.53. The van der Waals surface area contributed by atoms with Crippen LogP contribution in [0, 0.1) is 5.82 Å². The third-order valence-corrected chi connectivity index (χ3v) is 4.46. The summed E-state index contributed by atoms with van der Waals surface area (Å²) >= 11 is 0. The van der Waals surface area contributed by atoms with Crippen molar-refractivity contribution in [3.8, 4) is 0 Å². The normalized spacial score (nSPS) is 16.1. The number of halogens is 1. The van der Waals surface area contributed by atoms with Gasteiger partial charge in [0.25, 0.3) is 0 Å². The fourth-order valence-electron chi connectivity index (χ4n) is 2.65. The van der Waals surface area contributed by atoms with Crippen LogP contribution in [0.25, 0.3) is 0 Å². The van der Waals surface area contributed by atoms with Crippen molar-refractivity contribution in [3.63, 3.8) is 0 Å². The third kappa shape index (κ3) is 4.07. The minimum Gasteiger partial charge on any atom is -0.479 e. The van der Waals surface area contributed by atoms with Gasteiger partial charge in [0.05, 0.1) is 0 Å². The second kappa shape index (κ2) is 7.23. The number of nitrogens with zero attached hydrogens (tertiary/aromatic N) is 2. The molecule has 138 valence electrons. The second-order valence-corrected chi connectivity index (χ2v) is 6.66. The summed E-state index contributed by atoms with van der Waals surface area (Å²) < 4.78 is 18.2. The Kier molecular flexibility index (Phi) is 5.01. The number of carboxylic acids is 1. The molecule has 1 aromatic carbocycles. The van der Waals surface area contributed by atoms with E-state index in [1.54, 1.807) is 0 Å². The first-order valence-electron chi connectivity index (χ1n) is 8.51. The molecule has 0 bridgehead atoms. The molecule has 1 aliphatic carbocycles. The molecule has 1 unspecified atom stereocenters. The molecule has 1 fully saturated rings. The number of benzene rings is 1. The van der Waals surface area contributed by atoms with Gasteiger partial charge in [-0.25, -0.2) is 9.18 Å². The van der Waals surface area contributed by atoms with Crippen LogP contribution in [-0.4, -0.2) is 27.1 Å². The van der Waals surface area contributed by atoms with Gasteiger partial charge in [0, 0.05) is 18.8 Å². The maximum Gasteiger partial charge on any atom is 0.333 e.